The molecule has 0 atom stereocenters. The van der Waals surface area contributed by atoms with Gasteiger partial charge in [0.2, 0.25) is 5.91 Å². The molecule has 0 aromatic heterocycles. The molecule has 1 aliphatic heterocycles. The van der Waals surface area contributed by atoms with Crippen molar-refractivity contribution in [2.75, 3.05) is 26.2 Å². The van der Waals surface area contributed by atoms with Crippen molar-refractivity contribution in [3.05, 3.63) is 0 Å². The fourth-order valence-corrected chi connectivity index (χ4v) is 2.19. The van der Waals surface area contributed by atoms with E-state index in [-0.39, 0.29) is 11.8 Å². The van der Waals surface area contributed by atoms with Crippen molar-refractivity contribution < 1.29 is 4.79 Å². The van der Waals surface area contributed by atoms with Crippen LogP contribution in [0.2, 0.25) is 0 Å². The highest BCUT2D eigenvalue weighted by Crippen LogP contribution is 2.17. The molecule has 0 spiro atoms. The molecule has 0 saturated carbocycles. The second-order valence-electron chi connectivity index (χ2n) is 4.67. The summed E-state index contributed by atoms with van der Waals surface area (Å²) in [5.41, 5.74) is 0. The third-order valence-electron chi connectivity index (χ3n) is 3.27. The fraction of sp³-hybridized carbons (Fsp3) is 0.846. The summed E-state index contributed by atoms with van der Waals surface area (Å²) in [6.45, 7) is 5.85. The van der Waals surface area contributed by atoms with Crippen LogP contribution in [0.15, 0.2) is 0 Å². The molecule has 1 heterocycles. The van der Waals surface area contributed by atoms with Crippen LogP contribution in [0.5, 0.6) is 0 Å². The quantitative estimate of drug-likeness (QED) is 0.713. The number of carbonyl (C=O) groups excluding carboxylic acids is 1. The van der Waals surface area contributed by atoms with Crippen molar-refractivity contribution in [1.82, 2.24) is 10.2 Å². The highest BCUT2D eigenvalue weighted by molar-refractivity contribution is 5.78. The third-order valence-corrected chi connectivity index (χ3v) is 3.27. The second kappa shape index (κ2) is 8.08. The molecular formula is C13H23N3O. The van der Waals surface area contributed by atoms with Gasteiger partial charge < -0.3 is 10.2 Å². The molecule has 4 nitrogen and oxygen atoms in total. The van der Waals surface area contributed by atoms with E-state index in [0.717, 1.165) is 51.9 Å². The molecule has 1 fully saturated rings. The number of amides is 1. The second-order valence-corrected chi connectivity index (χ2v) is 4.67. The van der Waals surface area contributed by atoms with E-state index >= 15 is 0 Å². The van der Waals surface area contributed by atoms with Crippen molar-refractivity contribution in [3.8, 4) is 6.07 Å². The fourth-order valence-electron chi connectivity index (χ4n) is 2.19. The van der Waals surface area contributed by atoms with E-state index in [1.54, 1.807) is 0 Å². The lowest BCUT2D eigenvalue weighted by molar-refractivity contribution is -0.126. The number of hydrogen-bond donors (Lipinski definition) is 1. The zero-order chi connectivity index (χ0) is 12.5. The molecule has 0 aromatic rings. The van der Waals surface area contributed by atoms with Gasteiger partial charge in [-0.1, -0.05) is 6.92 Å². The summed E-state index contributed by atoms with van der Waals surface area (Å²) in [4.78, 5) is 14.1. The van der Waals surface area contributed by atoms with Crippen LogP contribution in [-0.4, -0.2) is 37.0 Å². The molecule has 1 amide bonds. The first-order valence-corrected chi connectivity index (χ1v) is 6.65. The first-order valence-electron chi connectivity index (χ1n) is 6.65. The van der Waals surface area contributed by atoms with E-state index in [9.17, 15) is 4.79 Å². The lowest BCUT2D eigenvalue weighted by Crippen LogP contribution is -2.41. The molecule has 1 saturated heterocycles. The van der Waals surface area contributed by atoms with Crippen LogP contribution in [0.25, 0.3) is 0 Å². The van der Waals surface area contributed by atoms with E-state index in [1.807, 2.05) is 0 Å². The zero-order valence-electron chi connectivity index (χ0n) is 10.7. The lowest BCUT2D eigenvalue weighted by atomic mass is 9.95. The van der Waals surface area contributed by atoms with Gasteiger partial charge in [-0.2, -0.15) is 5.26 Å². The molecule has 1 aliphatic rings. The number of nitrogens with one attached hydrogen (secondary N) is 1. The van der Waals surface area contributed by atoms with Crippen molar-refractivity contribution in [1.29, 1.82) is 5.26 Å². The lowest BCUT2D eigenvalue weighted by Gasteiger charge is -2.31. The van der Waals surface area contributed by atoms with Gasteiger partial charge in [-0.25, -0.2) is 0 Å². The summed E-state index contributed by atoms with van der Waals surface area (Å²) in [5, 5.41) is 11.4. The number of piperidine rings is 1. The summed E-state index contributed by atoms with van der Waals surface area (Å²) in [6, 6.07) is 2.17. The Morgan fingerprint density at radius 3 is 2.76 bits per heavy atom. The molecule has 0 aromatic carbocycles. The van der Waals surface area contributed by atoms with Crippen LogP contribution in [0, 0.1) is 17.2 Å². The number of unbranched alkanes of at least 4 members (excludes halogenated alkanes) is 1. The Balaban J connectivity index is 2.17. The minimum absolute atomic E-state index is 0.203. The predicted octanol–water partition coefficient (Wildman–Crippen LogP) is 1.53. The molecule has 4 heteroatoms. The Labute approximate surface area is 104 Å². The molecule has 0 aliphatic carbocycles. The normalized spacial score (nSPS) is 17.6. The van der Waals surface area contributed by atoms with E-state index in [0.29, 0.717) is 6.42 Å². The highest BCUT2D eigenvalue weighted by Gasteiger charge is 2.24. The minimum Gasteiger partial charge on any atom is -0.356 e. The Kier molecular flexibility index (Phi) is 6.64. The topological polar surface area (TPSA) is 56.1 Å². The average molecular weight is 237 g/mol. The van der Waals surface area contributed by atoms with Crippen LogP contribution in [-0.2, 0) is 4.79 Å². The number of nitrogens with zero attached hydrogens (tertiary/aromatic N) is 2. The average Bonchev–Trinajstić information content (AvgIpc) is 2.37. The van der Waals surface area contributed by atoms with Crippen LogP contribution in [0.3, 0.4) is 0 Å². The van der Waals surface area contributed by atoms with Crippen molar-refractivity contribution in [2.45, 2.75) is 39.0 Å². The third kappa shape index (κ3) is 5.18. The van der Waals surface area contributed by atoms with E-state index in [1.165, 1.54) is 0 Å². The SMILES string of the molecule is CCCNC(=O)C1CCN(CCCC#N)CC1. The van der Waals surface area contributed by atoms with Gasteiger partial charge in [-0.15, -0.1) is 0 Å². The van der Waals surface area contributed by atoms with Crippen LogP contribution < -0.4 is 5.32 Å². The van der Waals surface area contributed by atoms with Crippen molar-refractivity contribution in [3.63, 3.8) is 0 Å². The Bertz CT molecular complexity index is 264. The van der Waals surface area contributed by atoms with Gasteiger partial charge in [-0.05, 0) is 45.3 Å². The summed E-state index contributed by atoms with van der Waals surface area (Å²) in [7, 11) is 0. The van der Waals surface area contributed by atoms with Crippen molar-refractivity contribution in [2.24, 2.45) is 5.92 Å². The summed E-state index contributed by atoms with van der Waals surface area (Å²) in [5.74, 6) is 0.428. The van der Waals surface area contributed by atoms with Crippen LogP contribution in [0.4, 0.5) is 0 Å². The number of rotatable bonds is 6. The van der Waals surface area contributed by atoms with Gasteiger partial charge in [-0.3, -0.25) is 4.79 Å². The maximum Gasteiger partial charge on any atom is 0.223 e. The molecule has 1 rings (SSSR count). The standard InChI is InChI=1S/C13H23N3O/c1-2-8-15-13(17)12-5-10-16(11-6-12)9-4-3-7-14/h12H,2-6,8-11H2,1H3,(H,15,17). The number of carbonyl (C=O) groups is 1. The smallest absolute Gasteiger partial charge is 0.223 e. The van der Waals surface area contributed by atoms with Crippen LogP contribution in [0.1, 0.15) is 39.0 Å². The first-order chi connectivity index (χ1) is 8.27. The molecule has 0 bridgehead atoms. The number of hydrogen-bond acceptors (Lipinski definition) is 3. The zero-order valence-corrected chi connectivity index (χ0v) is 10.7. The Morgan fingerprint density at radius 1 is 1.47 bits per heavy atom. The maximum absolute atomic E-state index is 11.8. The highest BCUT2D eigenvalue weighted by atomic mass is 16.1. The van der Waals surface area contributed by atoms with Crippen molar-refractivity contribution >= 4 is 5.91 Å². The Hall–Kier alpha value is -1.08. The Morgan fingerprint density at radius 2 is 2.18 bits per heavy atom. The number of likely N-dealkylation sites (tertiary alicyclic amines) is 1. The molecule has 1 N–H and O–H groups in total. The van der Waals surface area contributed by atoms with Gasteiger partial charge >= 0.3 is 0 Å². The summed E-state index contributed by atoms with van der Waals surface area (Å²) >= 11 is 0. The number of nitriles is 1. The van der Waals surface area contributed by atoms with Gasteiger partial charge in [0.15, 0.2) is 0 Å². The first kappa shape index (κ1) is 14.0. The maximum atomic E-state index is 11.8. The molecule has 17 heavy (non-hydrogen) atoms. The molecular weight excluding hydrogens is 214 g/mol. The molecule has 96 valence electrons. The monoisotopic (exact) mass is 237 g/mol. The summed E-state index contributed by atoms with van der Waals surface area (Å²) in [6.07, 6.45) is 4.50. The predicted molar refractivity (Wildman–Crippen MR) is 67.3 cm³/mol. The van der Waals surface area contributed by atoms with E-state index in [4.69, 9.17) is 5.26 Å². The van der Waals surface area contributed by atoms with Crippen LogP contribution >= 0.6 is 0 Å². The molecule has 0 unspecified atom stereocenters. The van der Waals surface area contributed by atoms with Gasteiger partial charge in [0, 0.05) is 18.9 Å². The molecule has 0 radical (unpaired) electrons. The van der Waals surface area contributed by atoms with Gasteiger partial charge in [0.25, 0.3) is 0 Å². The minimum atomic E-state index is 0.203. The summed E-state index contributed by atoms with van der Waals surface area (Å²) < 4.78 is 0. The largest absolute Gasteiger partial charge is 0.356 e. The van der Waals surface area contributed by atoms with Gasteiger partial charge in [0.1, 0.15) is 0 Å². The van der Waals surface area contributed by atoms with E-state index in [2.05, 4.69) is 23.2 Å². The van der Waals surface area contributed by atoms with Gasteiger partial charge in [0.05, 0.1) is 6.07 Å². The van der Waals surface area contributed by atoms with E-state index < -0.39 is 0 Å².